The molecule has 0 aromatic heterocycles. The van der Waals surface area contributed by atoms with E-state index in [9.17, 15) is 23.1 Å². The van der Waals surface area contributed by atoms with Crippen molar-refractivity contribution in [3.05, 3.63) is 53.6 Å². The molecule has 0 bridgehead atoms. The van der Waals surface area contributed by atoms with Gasteiger partial charge in [0.05, 0.1) is 11.4 Å². The fourth-order valence-corrected chi connectivity index (χ4v) is 4.41. The van der Waals surface area contributed by atoms with Gasteiger partial charge in [-0.05, 0) is 43.2 Å². The van der Waals surface area contributed by atoms with Crippen LogP contribution in [0, 0.1) is 6.92 Å². The van der Waals surface area contributed by atoms with Gasteiger partial charge in [-0.15, -0.1) is 0 Å². The monoisotopic (exact) mass is 505 g/mol. The van der Waals surface area contributed by atoms with E-state index < -0.39 is 28.1 Å². The maximum atomic E-state index is 12.6. The fraction of sp³-hybridized carbons (Fsp3) is 0.318. The lowest BCUT2D eigenvalue weighted by Gasteiger charge is -2.27. The Kier molecular flexibility index (Phi) is 8.14. The molecule has 35 heavy (non-hydrogen) atoms. The summed E-state index contributed by atoms with van der Waals surface area (Å²) < 4.78 is 39.0. The largest absolute Gasteiger partial charge is 0.486 e. The molecule has 1 aliphatic heterocycles. The summed E-state index contributed by atoms with van der Waals surface area (Å²) in [5, 5.41) is 12.2. The molecule has 1 amide bonds. The maximum absolute atomic E-state index is 12.6. The second-order valence-corrected chi connectivity index (χ2v) is 9.62. The molecule has 0 fully saturated rings. The molecule has 2 aromatic carbocycles. The molecule has 12 nitrogen and oxygen atoms in total. The molecule has 13 heteroatoms. The number of sulfonamides is 1. The number of carbonyl (C=O) groups is 2. The van der Waals surface area contributed by atoms with Gasteiger partial charge in [-0.3, -0.25) is 9.59 Å². The number of aryl methyl sites for hydroxylation is 1. The number of fused-ring (bicyclic) bond motifs is 1. The van der Waals surface area contributed by atoms with Crippen molar-refractivity contribution in [2.24, 2.45) is 16.5 Å². The number of rotatable bonds is 10. The summed E-state index contributed by atoms with van der Waals surface area (Å²) in [5.41, 5.74) is 11.8. The maximum Gasteiger partial charge on any atom is 0.322 e. The number of aliphatic carboxylic acids is 1. The Labute approximate surface area is 202 Å². The molecule has 1 unspecified atom stereocenters. The molecular weight excluding hydrogens is 478 g/mol. The van der Waals surface area contributed by atoms with Crippen LogP contribution < -0.4 is 31.0 Å². The van der Waals surface area contributed by atoms with Crippen LogP contribution in [0.5, 0.6) is 11.5 Å². The standard InChI is InChI=1S/C22H27N5O7S/c1-13-2-5-16(6-3-13)35(31,32)27-17(21(29)30)8-14-4-7-18-19(9-14)33-12-15(34-18)10-25-20(28)11-26-22(23)24/h2-7,9,15,17,27H,8,10-12H2,1H3,(H,25,28)(H,29,30)(H4,23,24,26)/t15?,17-/m0/s1. The summed E-state index contributed by atoms with van der Waals surface area (Å²) >= 11 is 0. The lowest BCUT2D eigenvalue weighted by atomic mass is 10.1. The van der Waals surface area contributed by atoms with Gasteiger partial charge in [0.2, 0.25) is 15.9 Å². The number of carboxylic acid groups (broad SMARTS) is 1. The van der Waals surface area contributed by atoms with Crippen molar-refractivity contribution in [1.29, 1.82) is 0 Å². The molecule has 0 spiro atoms. The molecule has 7 N–H and O–H groups in total. The van der Waals surface area contributed by atoms with E-state index >= 15 is 0 Å². The second-order valence-electron chi connectivity index (χ2n) is 7.91. The number of carboxylic acids is 1. The van der Waals surface area contributed by atoms with E-state index in [1.54, 1.807) is 30.3 Å². The lowest BCUT2D eigenvalue weighted by Crippen LogP contribution is -2.42. The van der Waals surface area contributed by atoms with Gasteiger partial charge in [-0.1, -0.05) is 23.8 Å². The van der Waals surface area contributed by atoms with Crippen LogP contribution in [0.15, 0.2) is 52.4 Å². The quantitative estimate of drug-likeness (QED) is 0.209. The van der Waals surface area contributed by atoms with Crippen LogP contribution >= 0.6 is 0 Å². The van der Waals surface area contributed by atoms with Crippen molar-refractivity contribution in [3.63, 3.8) is 0 Å². The molecule has 188 valence electrons. The first-order valence-corrected chi connectivity index (χ1v) is 12.1. The number of ether oxygens (including phenoxy) is 2. The average Bonchev–Trinajstić information content (AvgIpc) is 2.81. The first kappa shape index (κ1) is 25.8. The Morgan fingerprint density at radius 3 is 2.54 bits per heavy atom. The van der Waals surface area contributed by atoms with Crippen molar-refractivity contribution >= 4 is 27.9 Å². The highest BCUT2D eigenvalue weighted by Crippen LogP contribution is 2.33. The second kappa shape index (κ2) is 11.1. The topological polar surface area (TPSA) is 195 Å². The van der Waals surface area contributed by atoms with Gasteiger partial charge in [0.25, 0.3) is 0 Å². The average molecular weight is 506 g/mol. The zero-order chi connectivity index (χ0) is 25.6. The number of nitrogens with one attached hydrogen (secondary N) is 2. The van der Waals surface area contributed by atoms with Gasteiger partial charge in [0.15, 0.2) is 17.5 Å². The van der Waals surface area contributed by atoms with Crippen LogP contribution in [0.2, 0.25) is 0 Å². The Balaban J connectivity index is 1.62. The van der Waals surface area contributed by atoms with E-state index in [1.807, 2.05) is 6.92 Å². The van der Waals surface area contributed by atoms with Crippen LogP contribution in [0.1, 0.15) is 11.1 Å². The van der Waals surface area contributed by atoms with Crippen LogP contribution in [0.25, 0.3) is 0 Å². The SMILES string of the molecule is Cc1ccc(S(=O)(=O)N[C@@H](Cc2ccc3c(c2)OCC(CNC(=O)CN=C(N)N)O3)C(=O)O)cc1. The first-order valence-electron chi connectivity index (χ1n) is 10.6. The summed E-state index contributed by atoms with van der Waals surface area (Å²) in [7, 11) is -4.03. The van der Waals surface area contributed by atoms with Crippen molar-refractivity contribution in [3.8, 4) is 11.5 Å². The number of nitrogens with two attached hydrogens (primary N) is 2. The third kappa shape index (κ3) is 7.32. The number of amides is 1. The van der Waals surface area contributed by atoms with Gasteiger partial charge in [-0.2, -0.15) is 4.72 Å². The number of carbonyl (C=O) groups excluding carboxylic acids is 1. The lowest BCUT2D eigenvalue weighted by molar-refractivity contribution is -0.139. The highest BCUT2D eigenvalue weighted by molar-refractivity contribution is 7.89. The number of nitrogens with zero attached hydrogens (tertiary/aromatic N) is 1. The van der Waals surface area contributed by atoms with Crippen LogP contribution in [-0.2, 0) is 26.0 Å². The smallest absolute Gasteiger partial charge is 0.322 e. The highest BCUT2D eigenvalue weighted by atomic mass is 32.2. The molecule has 3 rings (SSSR count). The van der Waals surface area contributed by atoms with Crippen LogP contribution in [0.4, 0.5) is 0 Å². The van der Waals surface area contributed by atoms with Crippen molar-refractivity contribution in [2.75, 3.05) is 19.7 Å². The van der Waals surface area contributed by atoms with E-state index in [0.29, 0.717) is 17.1 Å². The van der Waals surface area contributed by atoms with Crippen molar-refractivity contribution in [2.45, 2.75) is 30.4 Å². The number of benzene rings is 2. The normalized spacial score (nSPS) is 15.6. The summed E-state index contributed by atoms with van der Waals surface area (Å²) in [4.78, 5) is 27.1. The van der Waals surface area contributed by atoms with Crippen LogP contribution in [-0.4, -0.2) is 63.2 Å². The Bertz CT molecular complexity index is 1210. The van der Waals surface area contributed by atoms with Gasteiger partial charge in [0, 0.05) is 0 Å². The number of guanidine groups is 1. The predicted molar refractivity (Wildman–Crippen MR) is 127 cm³/mol. The van der Waals surface area contributed by atoms with E-state index in [4.69, 9.17) is 20.9 Å². The summed E-state index contributed by atoms with van der Waals surface area (Å²) in [6, 6.07) is 9.53. The molecule has 2 atom stereocenters. The summed E-state index contributed by atoms with van der Waals surface area (Å²) in [6.45, 7) is 1.93. The Morgan fingerprint density at radius 1 is 1.17 bits per heavy atom. The number of hydrogen-bond donors (Lipinski definition) is 5. The predicted octanol–water partition coefficient (Wildman–Crippen LogP) is -0.501. The van der Waals surface area contributed by atoms with E-state index in [2.05, 4.69) is 15.0 Å². The molecule has 0 saturated heterocycles. The molecule has 0 radical (unpaired) electrons. The van der Waals surface area contributed by atoms with Gasteiger partial charge in [0.1, 0.15) is 25.3 Å². The minimum absolute atomic E-state index is 0.0204. The third-order valence-electron chi connectivity index (χ3n) is 5.03. The third-order valence-corrected chi connectivity index (χ3v) is 6.51. The van der Waals surface area contributed by atoms with Gasteiger partial charge < -0.3 is 31.4 Å². The van der Waals surface area contributed by atoms with Gasteiger partial charge >= 0.3 is 5.97 Å². The van der Waals surface area contributed by atoms with Crippen LogP contribution in [0.3, 0.4) is 0 Å². The highest BCUT2D eigenvalue weighted by Gasteiger charge is 2.27. The molecule has 1 heterocycles. The summed E-state index contributed by atoms with van der Waals surface area (Å²) in [5.74, 6) is -1.08. The van der Waals surface area contributed by atoms with Gasteiger partial charge in [-0.25, -0.2) is 13.4 Å². The first-order chi connectivity index (χ1) is 16.5. The number of aliphatic imine (C=N–C) groups is 1. The zero-order valence-electron chi connectivity index (χ0n) is 18.9. The number of hydrogen-bond acceptors (Lipinski definition) is 7. The molecular formula is C22H27N5O7S. The molecule has 2 aromatic rings. The minimum Gasteiger partial charge on any atom is -0.486 e. The fourth-order valence-electron chi connectivity index (χ4n) is 3.22. The molecule has 1 aliphatic rings. The Morgan fingerprint density at radius 2 is 1.89 bits per heavy atom. The van der Waals surface area contributed by atoms with E-state index in [0.717, 1.165) is 5.56 Å². The molecule has 0 saturated carbocycles. The van der Waals surface area contributed by atoms with Crippen molar-refractivity contribution in [1.82, 2.24) is 10.0 Å². The Hall–Kier alpha value is -3.84. The molecule has 0 aliphatic carbocycles. The minimum atomic E-state index is -4.03. The van der Waals surface area contributed by atoms with E-state index in [-0.39, 0.29) is 42.9 Å². The van der Waals surface area contributed by atoms with E-state index in [1.165, 1.54) is 12.1 Å². The zero-order valence-corrected chi connectivity index (χ0v) is 19.7. The summed E-state index contributed by atoms with van der Waals surface area (Å²) in [6.07, 6.45) is -0.564. The van der Waals surface area contributed by atoms with Crippen molar-refractivity contribution < 1.29 is 32.6 Å².